The molecule has 1 atom stereocenters. The number of amides is 1. The van der Waals surface area contributed by atoms with E-state index in [9.17, 15) is 4.79 Å². The van der Waals surface area contributed by atoms with Crippen molar-refractivity contribution in [1.82, 2.24) is 10.2 Å². The maximum Gasteiger partial charge on any atom is 0.241 e. The maximum absolute atomic E-state index is 11.9. The maximum atomic E-state index is 11.9. The number of nitrogens with one attached hydrogen (secondary N) is 1. The lowest BCUT2D eigenvalue weighted by Crippen LogP contribution is -2.50. The molecule has 1 fully saturated rings. The van der Waals surface area contributed by atoms with Crippen LogP contribution in [-0.2, 0) is 4.79 Å². The van der Waals surface area contributed by atoms with Gasteiger partial charge in [0, 0.05) is 24.6 Å². The molecule has 78 valence electrons. The molecule has 0 spiro atoms. The quantitative estimate of drug-likeness (QED) is 0.677. The molecule has 0 aromatic rings. The third-order valence-electron chi connectivity index (χ3n) is 2.20. The molecule has 0 aromatic heterocycles. The number of carbonyl (C=O) groups excluding carboxylic acids is 1. The Morgan fingerprint density at radius 3 is 3.07 bits per heavy atom. The van der Waals surface area contributed by atoms with E-state index in [2.05, 4.69) is 11.2 Å². The van der Waals surface area contributed by atoms with E-state index in [-0.39, 0.29) is 11.9 Å². The van der Waals surface area contributed by atoms with Gasteiger partial charge in [-0.1, -0.05) is 5.92 Å². The largest absolute Gasteiger partial charge is 0.330 e. The van der Waals surface area contributed by atoms with Crippen LogP contribution in [0.25, 0.3) is 0 Å². The molecule has 1 saturated heterocycles. The summed E-state index contributed by atoms with van der Waals surface area (Å²) in [4.78, 5) is 13.6. The third kappa shape index (κ3) is 2.93. The average Bonchev–Trinajstić information content (AvgIpc) is 2.26. The average molecular weight is 212 g/mol. The Bertz CT molecular complexity index is 231. The van der Waals surface area contributed by atoms with E-state index >= 15 is 0 Å². The molecule has 0 radical (unpaired) electrons. The summed E-state index contributed by atoms with van der Waals surface area (Å²) in [5.74, 6) is 4.60. The van der Waals surface area contributed by atoms with Crippen LogP contribution in [-0.4, -0.2) is 48.0 Å². The zero-order chi connectivity index (χ0) is 10.4. The first-order valence-electron chi connectivity index (χ1n) is 4.83. The van der Waals surface area contributed by atoms with Crippen molar-refractivity contribution in [3.05, 3.63) is 0 Å². The highest BCUT2D eigenvalue weighted by Gasteiger charge is 2.24. The number of nitrogens with zero attached hydrogens (tertiary/aromatic N) is 1. The van der Waals surface area contributed by atoms with Crippen LogP contribution in [0, 0.1) is 12.3 Å². The zero-order valence-corrected chi connectivity index (χ0v) is 9.27. The SMILES string of the molecule is C#CCN(CC)C(=O)C1CSCCN1. The molecule has 0 saturated carbocycles. The number of rotatable bonds is 3. The Balaban J connectivity index is 2.48. The van der Waals surface area contributed by atoms with Gasteiger partial charge in [0.1, 0.15) is 0 Å². The first-order chi connectivity index (χ1) is 6.79. The molecule has 1 aliphatic rings. The van der Waals surface area contributed by atoms with E-state index in [1.54, 1.807) is 4.90 Å². The van der Waals surface area contributed by atoms with Gasteiger partial charge in [0.25, 0.3) is 0 Å². The number of hydrogen-bond acceptors (Lipinski definition) is 3. The molecule has 4 heteroatoms. The van der Waals surface area contributed by atoms with Crippen molar-refractivity contribution in [2.24, 2.45) is 0 Å². The van der Waals surface area contributed by atoms with Crippen molar-refractivity contribution in [3.63, 3.8) is 0 Å². The molecule has 1 aliphatic heterocycles. The molecule has 0 bridgehead atoms. The minimum absolute atomic E-state index is 0.0398. The molecular weight excluding hydrogens is 196 g/mol. The Morgan fingerprint density at radius 2 is 2.57 bits per heavy atom. The highest BCUT2D eigenvalue weighted by atomic mass is 32.2. The van der Waals surface area contributed by atoms with Crippen LogP contribution in [0.3, 0.4) is 0 Å². The summed E-state index contributed by atoms with van der Waals surface area (Å²) in [6.45, 7) is 3.96. The highest BCUT2D eigenvalue weighted by Crippen LogP contribution is 2.09. The molecular formula is C10H16N2OS. The van der Waals surface area contributed by atoms with E-state index in [0.29, 0.717) is 13.1 Å². The minimum Gasteiger partial charge on any atom is -0.330 e. The predicted octanol–water partition coefficient (Wildman–Crippen LogP) is 0.173. The first-order valence-corrected chi connectivity index (χ1v) is 5.98. The highest BCUT2D eigenvalue weighted by molar-refractivity contribution is 7.99. The van der Waals surface area contributed by atoms with Gasteiger partial charge in [-0.2, -0.15) is 11.8 Å². The minimum atomic E-state index is -0.0398. The topological polar surface area (TPSA) is 32.3 Å². The van der Waals surface area contributed by atoms with Gasteiger partial charge in [-0.3, -0.25) is 4.79 Å². The fourth-order valence-electron chi connectivity index (χ4n) is 1.40. The van der Waals surface area contributed by atoms with Gasteiger partial charge in [0.15, 0.2) is 0 Å². The summed E-state index contributed by atoms with van der Waals surface area (Å²) in [6.07, 6.45) is 5.20. The molecule has 14 heavy (non-hydrogen) atoms. The smallest absolute Gasteiger partial charge is 0.241 e. The van der Waals surface area contributed by atoms with Crippen LogP contribution in [0.1, 0.15) is 6.92 Å². The first kappa shape index (κ1) is 11.4. The summed E-state index contributed by atoms with van der Waals surface area (Å²) in [5, 5.41) is 3.21. The second kappa shape index (κ2) is 5.94. The van der Waals surface area contributed by atoms with E-state index < -0.39 is 0 Å². The van der Waals surface area contributed by atoms with Crippen LogP contribution in [0.15, 0.2) is 0 Å². The Labute approximate surface area is 89.6 Å². The van der Waals surface area contributed by atoms with Crippen molar-refractivity contribution < 1.29 is 4.79 Å². The van der Waals surface area contributed by atoms with Crippen molar-refractivity contribution in [3.8, 4) is 12.3 Å². The van der Waals surface area contributed by atoms with E-state index in [1.807, 2.05) is 18.7 Å². The van der Waals surface area contributed by atoms with E-state index in [4.69, 9.17) is 6.42 Å². The number of likely N-dealkylation sites (N-methyl/N-ethyl adjacent to an activating group) is 1. The van der Waals surface area contributed by atoms with Crippen LogP contribution in [0.5, 0.6) is 0 Å². The Morgan fingerprint density at radius 1 is 1.79 bits per heavy atom. The lowest BCUT2D eigenvalue weighted by atomic mass is 10.2. The molecule has 0 aliphatic carbocycles. The monoisotopic (exact) mass is 212 g/mol. The van der Waals surface area contributed by atoms with Gasteiger partial charge >= 0.3 is 0 Å². The van der Waals surface area contributed by atoms with Gasteiger partial charge in [0.2, 0.25) is 5.91 Å². The Kier molecular flexibility index (Phi) is 4.85. The number of carbonyl (C=O) groups is 1. The Hall–Kier alpha value is -0.660. The second-order valence-electron chi connectivity index (χ2n) is 3.14. The van der Waals surface area contributed by atoms with Crippen LogP contribution in [0.2, 0.25) is 0 Å². The number of terminal acetylenes is 1. The fraction of sp³-hybridized carbons (Fsp3) is 0.700. The van der Waals surface area contributed by atoms with Crippen LogP contribution >= 0.6 is 11.8 Å². The van der Waals surface area contributed by atoms with Gasteiger partial charge in [-0.05, 0) is 6.92 Å². The summed E-state index contributed by atoms with van der Waals surface area (Å²) >= 11 is 1.82. The van der Waals surface area contributed by atoms with Gasteiger partial charge in [-0.25, -0.2) is 0 Å². The third-order valence-corrected chi connectivity index (χ3v) is 3.26. The molecule has 0 aromatic carbocycles. The summed E-state index contributed by atoms with van der Waals surface area (Å²) < 4.78 is 0. The number of thioether (sulfide) groups is 1. The number of hydrogen-bond donors (Lipinski definition) is 1. The van der Waals surface area contributed by atoms with E-state index in [0.717, 1.165) is 18.1 Å². The van der Waals surface area contributed by atoms with Crippen molar-refractivity contribution >= 4 is 17.7 Å². The second-order valence-corrected chi connectivity index (χ2v) is 4.29. The van der Waals surface area contributed by atoms with Crippen LogP contribution in [0.4, 0.5) is 0 Å². The lowest BCUT2D eigenvalue weighted by Gasteiger charge is -2.27. The molecule has 3 nitrogen and oxygen atoms in total. The fourth-order valence-corrected chi connectivity index (χ4v) is 2.33. The molecule has 1 unspecified atom stereocenters. The van der Waals surface area contributed by atoms with Crippen LogP contribution < -0.4 is 5.32 Å². The predicted molar refractivity (Wildman–Crippen MR) is 60.2 cm³/mol. The molecule has 1 amide bonds. The van der Waals surface area contributed by atoms with E-state index in [1.165, 1.54) is 0 Å². The summed E-state index contributed by atoms with van der Waals surface area (Å²) in [5.41, 5.74) is 0. The molecule has 1 rings (SSSR count). The van der Waals surface area contributed by atoms with Gasteiger partial charge < -0.3 is 10.2 Å². The molecule has 1 N–H and O–H groups in total. The zero-order valence-electron chi connectivity index (χ0n) is 8.45. The van der Waals surface area contributed by atoms with Crippen molar-refractivity contribution in [1.29, 1.82) is 0 Å². The summed E-state index contributed by atoms with van der Waals surface area (Å²) in [7, 11) is 0. The normalized spacial score (nSPS) is 21.3. The standard InChI is InChI=1S/C10H16N2OS/c1-3-6-12(4-2)10(13)9-8-14-7-5-11-9/h1,9,11H,4-8H2,2H3. The van der Waals surface area contributed by atoms with Crippen molar-refractivity contribution in [2.75, 3.05) is 31.1 Å². The summed E-state index contributed by atoms with van der Waals surface area (Å²) in [6, 6.07) is -0.0398. The van der Waals surface area contributed by atoms with Crippen molar-refractivity contribution in [2.45, 2.75) is 13.0 Å². The van der Waals surface area contributed by atoms with Gasteiger partial charge in [0.05, 0.1) is 12.6 Å². The van der Waals surface area contributed by atoms with Gasteiger partial charge in [-0.15, -0.1) is 6.42 Å². The lowest BCUT2D eigenvalue weighted by molar-refractivity contribution is -0.132. The molecule has 1 heterocycles.